The van der Waals surface area contributed by atoms with Crippen LogP contribution in [0.25, 0.3) is 0 Å². The van der Waals surface area contributed by atoms with Crippen LogP contribution in [0.3, 0.4) is 0 Å². The fourth-order valence-corrected chi connectivity index (χ4v) is 3.34. The van der Waals surface area contributed by atoms with Crippen molar-refractivity contribution in [3.05, 3.63) is 34.1 Å². The van der Waals surface area contributed by atoms with Gasteiger partial charge in [-0.05, 0) is 18.4 Å². The molecule has 0 aliphatic heterocycles. The number of rotatable bonds is 8. The van der Waals surface area contributed by atoms with Crippen molar-refractivity contribution >= 4 is 21.7 Å². The molecule has 23 heavy (non-hydrogen) atoms. The first-order chi connectivity index (χ1) is 10.6. The van der Waals surface area contributed by atoms with Crippen molar-refractivity contribution in [3.63, 3.8) is 0 Å². The second-order valence-electron chi connectivity index (χ2n) is 5.36. The first-order valence-electron chi connectivity index (χ1n) is 6.71. The molecule has 1 aromatic carbocycles. The molecule has 1 unspecified atom stereocenters. The standard InChI is InChI=1S/C13H17FN2O6S/c1-8(2)6-9(13(17)18)7-15-23(21,22)12-10(14)4-3-5-11(12)16(19)20/h3-5,8-9,15H,6-7H2,1-2H3,(H,17,18). The van der Waals surface area contributed by atoms with Crippen LogP contribution in [0.15, 0.2) is 23.1 Å². The van der Waals surface area contributed by atoms with E-state index in [1.807, 2.05) is 4.72 Å². The van der Waals surface area contributed by atoms with Gasteiger partial charge in [0.25, 0.3) is 5.69 Å². The van der Waals surface area contributed by atoms with Crippen molar-refractivity contribution in [3.8, 4) is 0 Å². The Labute approximate surface area is 132 Å². The predicted octanol–water partition coefficient (Wildman–Crippen LogP) is 1.76. The molecule has 0 saturated heterocycles. The molecule has 0 bridgehead atoms. The molecule has 1 aromatic rings. The van der Waals surface area contributed by atoms with Crippen LogP contribution in [-0.4, -0.2) is 31.0 Å². The molecule has 0 heterocycles. The fraction of sp³-hybridized carbons (Fsp3) is 0.462. The maximum atomic E-state index is 13.8. The summed E-state index contributed by atoms with van der Waals surface area (Å²) in [7, 11) is -4.56. The Morgan fingerprint density at radius 1 is 1.43 bits per heavy atom. The molecule has 0 aliphatic carbocycles. The van der Waals surface area contributed by atoms with Crippen LogP contribution in [0.2, 0.25) is 0 Å². The van der Waals surface area contributed by atoms with Crippen LogP contribution >= 0.6 is 0 Å². The van der Waals surface area contributed by atoms with Crippen LogP contribution in [0.4, 0.5) is 10.1 Å². The Hall–Kier alpha value is -2.07. The molecule has 0 spiro atoms. The van der Waals surface area contributed by atoms with Crippen LogP contribution in [0.5, 0.6) is 0 Å². The molecule has 1 atom stereocenters. The molecule has 0 saturated carbocycles. The van der Waals surface area contributed by atoms with E-state index in [1.165, 1.54) is 0 Å². The number of carbonyl (C=O) groups is 1. The Balaban J connectivity index is 3.09. The summed E-state index contributed by atoms with van der Waals surface area (Å²) in [6, 6.07) is 2.66. The van der Waals surface area contributed by atoms with E-state index in [9.17, 15) is 27.7 Å². The summed E-state index contributed by atoms with van der Waals surface area (Å²) in [5.41, 5.74) is -0.909. The largest absolute Gasteiger partial charge is 0.481 e. The van der Waals surface area contributed by atoms with E-state index in [-0.39, 0.29) is 12.3 Å². The van der Waals surface area contributed by atoms with Crippen molar-refractivity contribution in [2.75, 3.05) is 6.54 Å². The van der Waals surface area contributed by atoms with E-state index >= 15 is 0 Å². The summed E-state index contributed by atoms with van der Waals surface area (Å²) in [6.45, 7) is 3.06. The second kappa shape index (κ2) is 7.47. The van der Waals surface area contributed by atoms with Crippen LogP contribution < -0.4 is 4.72 Å². The minimum absolute atomic E-state index is 0.00315. The van der Waals surface area contributed by atoms with E-state index < -0.39 is 49.8 Å². The number of hydrogen-bond acceptors (Lipinski definition) is 5. The fourth-order valence-electron chi connectivity index (χ4n) is 2.03. The summed E-state index contributed by atoms with van der Waals surface area (Å²) < 4.78 is 40.0. The number of carboxylic acid groups (broad SMARTS) is 1. The zero-order chi connectivity index (χ0) is 17.8. The summed E-state index contributed by atoms with van der Waals surface area (Å²) >= 11 is 0. The summed E-state index contributed by atoms with van der Waals surface area (Å²) in [5, 5.41) is 19.9. The highest BCUT2D eigenvalue weighted by molar-refractivity contribution is 7.89. The molecular weight excluding hydrogens is 331 g/mol. The van der Waals surface area contributed by atoms with Crippen LogP contribution in [0, 0.1) is 27.8 Å². The quantitative estimate of drug-likeness (QED) is 0.544. The van der Waals surface area contributed by atoms with Gasteiger partial charge in [-0.15, -0.1) is 0 Å². The second-order valence-corrected chi connectivity index (χ2v) is 7.07. The number of halogens is 1. The number of aliphatic carboxylic acids is 1. The van der Waals surface area contributed by atoms with Crippen LogP contribution in [-0.2, 0) is 14.8 Å². The minimum Gasteiger partial charge on any atom is -0.481 e. The Morgan fingerprint density at radius 2 is 2.04 bits per heavy atom. The lowest BCUT2D eigenvalue weighted by atomic mass is 9.98. The molecule has 0 fully saturated rings. The van der Waals surface area contributed by atoms with Gasteiger partial charge in [-0.25, -0.2) is 17.5 Å². The van der Waals surface area contributed by atoms with Gasteiger partial charge < -0.3 is 5.11 Å². The van der Waals surface area contributed by atoms with Gasteiger partial charge in [0.15, 0.2) is 4.90 Å². The molecule has 2 N–H and O–H groups in total. The predicted molar refractivity (Wildman–Crippen MR) is 78.8 cm³/mol. The number of nitro benzene ring substituents is 1. The first kappa shape index (κ1) is 19.0. The van der Waals surface area contributed by atoms with Crippen LogP contribution in [0.1, 0.15) is 20.3 Å². The molecule has 0 aliphatic rings. The van der Waals surface area contributed by atoms with E-state index in [1.54, 1.807) is 13.8 Å². The normalized spacial score (nSPS) is 13.0. The zero-order valence-electron chi connectivity index (χ0n) is 12.5. The monoisotopic (exact) mass is 348 g/mol. The van der Waals surface area contributed by atoms with Crippen molar-refractivity contribution in [2.24, 2.45) is 11.8 Å². The van der Waals surface area contributed by atoms with Gasteiger partial charge in [0.1, 0.15) is 5.82 Å². The lowest BCUT2D eigenvalue weighted by Crippen LogP contribution is -2.34. The highest BCUT2D eigenvalue weighted by Gasteiger charge is 2.31. The molecule has 8 nitrogen and oxygen atoms in total. The third-order valence-corrected chi connectivity index (χ3v) is 4.52. The highest BCUT2D eigenvalue weighted by atomic mass is 32.2. The summed E-state index contributed by atoms with van der Waals surface area (Å²) in [5.74, 6) is -3.49. The Morgan fingerprint density at radius 3 is 2.52 bits per heavy atom. The number of carboxylic acids is 1. The smallest absolute Gasteiger partial charge is 0.307 e. The summed E-state index contributed by atoms with van der Waals surface area (Å²) in [6.07, 6.45) is 0.206. The molecule has 10 heteroatoms. The SMILES string of the molecule is CC(C)CC(CNS(=O)(=O)c1c(F)cccc1[N+](=O)[O-])C(=O)O. The van der Waals surface area contributed by atoms with Crippen molar-refractivity contribution in [2.45, 2.75) is 25.2 Å². The number of nitrogens with zero attached hydrogens (tertiary/aromatic N) is 1. The van der Waals surface area contributed by atoms with Gasteiger partial charge in [-0.3, -0.25) is 14.9 Å². The molecular formula is C13H17FN2O6S. The number of hydrogen-bond donors (Lipinski definition) is 2. The van der Waals surface area contributed by atoms with E-state index in [0.29, 0.717) is 0 Å². The Kier molecular flexibility index (Phi) is 6.16. The lowest BCUT2D eigenvalue weighted by molar-refractivity contribution is -0.388. The highest BCUT2D eigenvalue weighted by Crippen LogP contribution is 2.26. The molecule has 128 valence electrons. The number of benzene rings is 1. The number of sulfonamides is 1. The van der Waals surface area contributed by atoms with Gasteiger partial charge >= 0.3 is 5.97 Å². The molecule has 1 rings (SSSR count). The topological polar surface area (TPSA) is 127 Å². The first-order valence-corrected chi connectivity index (χ1v) is 8.20. The van der Waals surface area contributed by atoms with Gasteiger partial charge in [0, 0.05) is 12.6 Å². The van der Waals surface area contributed by atoms with Crippen molar-refractivity contribution < 1.29 is 27.6 Å². The molecule has 0 amide bonds. The molecule has 0 aromatic heterocycles. The van der Waals surface area contributed by atoms with E-state index in [2.05, 4.69) is 0 Å². The third kappa shape index (κ3) is 4.96. The minimum atomic E-state index is -4.56. The Bertz CT molecular complexity index is 704. The van der Waals surface area contributed by atoms with Gasteiger partial charge in [-0.2, -0.15) is 0 Å². The maximum absolute atomic E-state index is 13.8. The average Bonchev–Trinajstić information content (AvgIpc) is 2.42. The van der Waals surface area contributed by atoms with E-state index in [0.717, 1.165) is 18.2 Å². The summed E-state index contributed by atoms with van der Waals surface area (Å²) in [4.78, 5) is 19.9. The van der Waals surface area contributed by atoms with Gasteiger partial charge in [0.2, 0.25) is 10.0 Å². The van der Waals surface area contributed by atoms with Crippen molar-refractivity contribution in [1.29, 1.82) is 0 Å². The number of nitrogens with one attached hydrogen (secondary N) is 1. The third-order valence-electron chi connectivity index (χ3n) is 3.04. The van der Waals surface area contributed by atoms with Gasteiger partial charge in [-0.1, -0.05) is 19.9 Å². The lowest BCUT2D eigenvalue weighted by Gasteiger charge is -2.15. The maximum Gasteiger partial charge on any atom is 0.307 e. The number of nitro groups is 1. The van der Waals surface area contributed by atoms with E-state index in [4.69, 9.17) is 5.11 Å². The average molecular weight is 348 g/mol. The zero-order valence-corrected chi connectivity index (χ0v) is 13.3. The molecule has 0 radical (unpaired) electrons. The van der Waals surface area contributed by atoms with Gasteiger partial charge in [0.05, 0.1) is 10.8 Å². The van der Waals surface area contributed by atoms with Crippen molar-refractivity contribution in [1.82, 2.24) is 4.72 Å².